The van der Waals surface area contributed by atoms with Crippen LogP contribution in [-0.2, 0) is 0 Å². The first kappa shape index (κ1) is 29.1. The minimum atomic E-state index is -0.323. The second-order valence-corrected chi connectivity index (χ2v) is 9.58. The largest absolute Gasteiger partial charge is 0.393 e. The Morgan fingerprint density at radius 3 is 1.55 bits per heavy atom. The van der Waals surface area contributed by atoms with Gasteiger partial charge in [-0.1, -0.05) is 119 Å². The molecule has 0 aliphatic carbocycles. The van der Waals surface area contributed by atoms with Crippen LogP contribution in [0, 0.1) is 5.92 Å². The van der Waals surface area contributed by atoms with Gasteiger partial charge in [0.1, 0.15) is 0 Å². The van der Waals surface area contributed by atoms with E-state index in [4.69, 9.17) is 0 Å². The molecule has 2 atom stereocenters. The summed E-state index contributed by atoms with van der Waals surface area (Å²) < 4.78 is 0. The quantitative estimate of drug-likeness (QED) is 0.0938. The second-order valence-electron chi connectivity index (χ2n) is 8.79. The monoisotopic (exact) mass is 474 g/mol. The van der Waals surface area contributed by atoms with Crippen molar-refractivity contribution in [2.45, 2.75) is 142 Å². The van der Waals surface area contributed by atoms with Crippen molar-refractivity contribution in [1.82, 2.24) is 0 Å². The molecule has 29 heavy (non-hydrogen) atoms. The fourth-order valence-electron chi connectivity index (χ4n) is 4.10. The molecule has 2 nitrogen and oxygen atoms in total. The van der Waals surface area contributed by atoms with Crippen LogP contribution in [0.15, 0.2) is 12.2 Å². The molecule has 0 saturated carbocycles. The number of unbranched alkanes of at least 4 members (excludes halogenated alkanes) is 11. The van der Waals surface area contributed by atoms with Gasteiger partial charge in [-0.15, -0.1) is 0 Å². The fraction of sp³-hybridized carbons (Fsp3) is 0.923. The van der Waals surface area contributed by atoms with Gasteiger partial charge in [0.05, 0.1) is 12.2 Å². The molecular weight excluding hydrogens is 424 g/mol. The van der Waals surface area contributed by atoms with Gasteiger partial charge in [-0.25, -0.2) is 0 Å². The highest BCUT2D eigenvalue weighted by Gasteiger charge is 2.25. The molecule has 3 heteroatoms. The Labute approximate surface area is 191 Å². The van der Waals surface area contributed by atoms with E-state index in [0.717, 1.165) is 50.3 Å². The minimum Gasteiger partial charge on any atom is -0.393 e. The zero-order valence-electron chi connectivity index (χ0n) is 19.6. The number of hydrogen-bond acceptors (Lipinski definition) is 2. The maximum absolute atomic E-state index is 10.7. The first-order chi connectivity index (χ1) is 14.2. The van der Waals surface area contributed by atoms with E-state index >= 15 is 0 Å². The number of hydrogen-bond donors (Lipinski definition) is 2. The highest BCUT2D eigenvalue weighted by Crippen LogP contribution is 2.25. The Kier molecular flexibility index (Phi) is 22.9. The third-order valence-electron chi connectivity index (χ3n) is 6.05. The number of rotatable bonds is 22. The molecule has 0 aliphatic heterocycles. The average Bonchev–Trinajstić information content (AvgIpc) is 2.71. The van der Waals surface area contributed by atoms with Crippen molar-refractivity contribution in [2.75, 3.05) is 5.33 Å². The molecule has 0 saturated heterocycles. The van der Waals surface area contributed by atoms with Gasteiger partial charge >= 0.3 is 0 Å². The molecule has 0 radical (unpaired) electrons. The average molecular weight is 476 g/mol. The van der Waals surface area contributed by atoms with Crippen molar-refractivity contribution < 1.29 is 10.2 Å². The first-order valence-electron chi connectivity index (χ1n) is 12.7. The molecule has 0 bridgehead atoms. The molecule has 0 aromatic heterocycles. The van der Waals surface area contributed by atoms with Crippen LogP contribution in [0.5, 0.6) is 0 Å². The smallest absolute Gasteiger partial charge is 0.0593 e. The summed E-state index contributed by atoms with van der Waals surface area (Å²) in [5.41, 5.74) is 0. The third kappa shape index (κ3) is 18.6. The van der Waals surface area contributed by atoms with Crippen molar-refractivity contribution in [2.24, 2.45) is 5.92 Å². The van der Waals surface area contributed by atoms with Crippen LogP contribution in [0.1, 0.15) is 129 Å². The number of aliphatic hydroxyl groups excluding tert-OH is 2. The van der Waals surface area contributed by atoms with Crippen LogP contribution in [0.4, 0.5) is 0 Å². The molecule has 0 fully saturated rings. The molecule has 0 aromatic rings. The molecule has 0 heterocycles. The number of allylic oxidation sites excluding steroid dienone is 2. The lowest BCUT2D eigenvalue weighted by molar-refractivity contribution is -0.00316. The van der Waals surface area contributed by atoms with E-state index in [1.165, 1.54) is 70.6 Å². The van der Waals surface area contributed by atoms with Gasteiger partial charge in [0.15, 0.2) is 0 Å². The highest BCUT2D eigenvalue weighted by atomic mass is 79.9. The summed E-state index contributed by atoms with van der Waals surface area (Å²) in [5, 5.41) is 22.4. The lowest BCUT2D eigenvalue weighted by Gasteiger charge is -2.28. The van der Waals surface area contributed by atoms with Crippen LogP contribution in [0.3, 0.4) is 0 Å². The number of alkyl halides is 1. The fourth-order valence-corrected chi connectivity index (χ4v) is 4.37. The summed E-state index contributed by atoms with van der Waals surface area (Å²) in [5.74, 6) is 0.0787. The third-order valence-corrected chi connectivity index (χ3v) is 6.50. The van der Waals surface area contributed by atoms with E-state index in [1.54, 1.807) is 0 Å². The standard InChI is InChI=1S/C26H51BrO2/c1-3-5-16-21-25(28)24(26(29)22-17-6-4-2)20-18-14-12-10-8-7-9-11-13-15-19-23-27/h13,15,24-26,28-29H,3-12,14,16-23H2,1-2H3/b15-13-. The molecule has 0 spiro atoms. The van der Waals surface area contributed by atoms with Crippen LogP contribution >= 0.6 is 15.9 Å². The topological polar surface area (TPSA) is 40.5 Å². The summed E-state index contributed by atoms with van der Waals surface area (Å²) in [6.45, 7) is 4.40. The van der Waals surface area contributed by atoms with Gasteiger partial charge in [0.25, 0.3) is 0 Å². The van der Waals surface area contributed by atoms with Crippen molar-refractivity contribution in [1.29, 1.82) is 0 Å². The van der Waals surface area contributed by atoms with Crippen LogP contribution in [0.25, 0.3) is 0 Å². The van der Waals surface area contributed by atoms with E-state index in [0.29, 0.717) is 0 Å². The molecule has 0 rings (SSSR count). The molecule has 174 valence electrons. The molecule has 0 aromatic carbocycles. The summed E-state index contributed by atoms with van der Waals surface area (Å²) in [6.07, 6.45) is 24.9. The van der Waals surface area contributed by atoms with Crippen molar-refractivity contribution >= 4 is 15.9 Å². The Bertz CT molecular complexity index is 330. The van der Waals surface area contributed by atoms with Gasteiger partial charge in [-0.3, -0.25) is 0 Å². The Morgan fingerprint density at radius 2 is 1.03 bits per heavy atom. The van der Waals surface area contributed by atoms with E-state index in [1.807, 2.05) is 0 Å². The van der Waals surface area contributed by atoms with Crippen molar-refractivity contribution in [3.05, 3.63) is 12.2 Å². The minimum absolute atomic E-state index is 0.0787. The molecule has 2 unspecified atom stereocenters. The van der Waals surface area contributed by atoms with Crippen LogP contribution in [-0.4, -0.2) is 27.8 Å². The Balaban J connectivity index is 3.96. The lowest BCUT2D eigenvalue weighted by atomic mass is 9.85. The lowest BCUT2D eigenvalue weighted by Crippen LogP contribution is -2.32. The van der Waals surface area contributed by atoms with E-state index in [-0.39, 0.29) is 18.1 Å². The number of aliphatic hydroxyl groups is 2. The molecule has 0 amide bonds. The summed E-state index contributed by atoms with van der Waals surface area (Å²) >= 11 is 3.45. The van der Waals surface area contributed by atoms with E-state index in [9.17, 15) is 10.2 Å². The summed E-state index contributed by atoms with van der Waals surface area (Å²) in [7, 11) is 0. The van der Waals surface area contributed by atoms with E-state index in [2.05, 4.69) is 41.9 Å². The SMILES string of the molecule is CCCCCC(O)C(CCCCCCCCC/C=C\CCBr)C(O)CCCCC. The summed E-state index contributed by atoms with van der Waals surface area (Å²) in [4.78, 5) is 0. The molecule has 0 aliphatic rings. The predicted octanol–water partition coefficient (Wildman–Crippen LogP) is 8.34. The van der Waals surface area contributed by atoms with Crippen molar-refractivity contribution in [3.63, 3.8) is 0 Å². The normalized spacial score (nSPS) is 15.1. The predicted molar refractivity (Wildman–Crippen MR) is 133 cm³/mol. The Morgan fingerprint density at radius 1 is 0.586 bits per heavy atom. The first-order valence-corrected chi connectivity index (χ1v) is 13.9. The zero-order chi connectivity index (χ0) is 21.6. The maximum Gasteiger partial charge on any atom is 0.0593 e. The van der Waals surface area contributed by atoms with Crippen LogP contribution in [0.2, 0.25) is 0 Å². The van der Waals surface area contributed by atoms with Gasteiger partial charge in [-0.05, 0) is 38.5 Å². The van der Waals surface area contributed by atoms with Gasteiger partial charge < -0.3 is 10.2 Å². The molecule has 2 N–H and O–H groups in total. The van der Waals surface area contributed by atoms with E-state index < -0.39 is 0 Å². The summed E-state index contributed by atoms with van der Waals surface area (Å²) in [6, 6.07) is 0. The Hall–Kier alpha value is 0.140. The van der Waals surface area contributed by atoms with Crippen LogP contribution < -0.4 is 0 Å². The highest BCUT2D eigenvalue weighted by molar-refractivity contribution is 9.09. The van der Waals surface area contributed by atoms with Crippen molar-refractivity contribution in [3.8, 4) is 0 Å². The van der Waals surface area contributed by atoms with Gasteiger partial charge in [-0.2, -0.15) is 0 Å². The second kappa shape index (κ2) is 22.8. The maximum atomic E-state index is 10.7. The zero-order valence-corrected chi connectivity index (χ0v) is 21.2. The molecular formula is C26H51BrO2. The van der Waals surface area contributed by atoms with Gasteiger partial charge in [0.2, 0.25) is 0 Å². The van der Waals surface area contributed by atoms with Gasteiger partial charge in [0, 0.05) is 11.2 Å². The number of halogens is 1.